The zero-order valence-corrected chi connectivity index (χ0v) is 11.0. The van der Waals surface area contributed by atoms with Crippen LogP contribution in [0.1, 0.15) is 19.8 Å². The molecule has 0 bridgehead atoms. The van der Waals surface area contributed by atoms with Crippen LogP contribution in [0.4, 0.5) is 0 Å². The number of carbonyl (C=O) groups excluding carboxylic acids is 1. The van der Waals surface area contributed by atoms with Crippen molar-refractivity contribution in [1.29, 1.82) is 0 Å². The van der Waals surface area contributed by atoms with Crippen molar-refractivity contribution in [3.8, 4) is 0 Å². The molecule has 0 fully saturated rings. The Balaban J connectivity index is 1.90. The monoisotopic (exact) mass is 265 g/mol. The summed E-state index contributed by atoms with van der Waals surface area (Å²) in [6.45, 7) is 2.56. The molecule has 0 amide bonds. The van der Waals surface area contributed by atoms with Crippen molar-refractivity contribution in [3.05, 3.63) is 18.6 Å². The van der Waals surface area contributed by atoms with E-state index >= 15 is 0 Å². The number of rotatable bonds is 6. The minimum atomic E-state index is -0.198. The van der Waals surface area contributed by atoms with Gasteiger partial charge in [-0.15, -0.1) is 0 Å². The second kappa shape index (κ2) is 6.39. The first-order valence-electron chi connectivity index (χ1n) is 5.87. The highest BCUT2D eigenvalue weighted by atomic mass is 32.2. The first-order chi connectivity index (χ1) is 8.81. The summed E-state index contributed by atoms with van der Waals surface area (Å²) in [6, 6.07) is 1.90. The van der Waals surface area contributed by atoms with Gasteiger partial charge in [0.1, 0.15) is 17.0 Å². The maximum absolute atomic E-state index is 11.5. The molecule has 96 valence electrons. The van der Waals surface area contributed by atoms with Crippen molar-refractivity contribution < 1.29 is 9.53 Å². The molecule has 0 saturated heterocycles. The normalized spacial score (nSPS) is 10.7. The summed E-state index contributed by atoms with van der Waals surface area (Å²) in [5.41, 5.74) is 0.784. The van der Waals surface area contributed by atoms with E-state index in [0.717, 1.165) is 28.9 Å². The fourth-order valence-corrected chi connectivity index (χ4v) is 2.24. The fourth-order valence-electron chi connectivity index (χ4n) is 1.46. The van der Waals surface area contributed by atoms with Gasteiger partial charge < -0.3 is 9.72 Å². The Morgan fingerprint density at radius 2 is 2.39 bits per heavy atom. The summed E-state index contributed by atoms with van der Waals surface area (Å²) in [5.74, 6) is 0.0804. The van der Waals surface area contributed by atoms with E-state index in [-0.39, 0.29) is 11.7 Å². The Labute approximate surface area is 109 Å². The van der Waals surface area contributed by atoms with Crippen molar-refractivity contribution in [3.63, 3.8) is 0 Å². The van der Waals surface area contributed by atoms with Crippen molar-refractivity contribution in [2.75, 3.05) is 12.4 Å². The van der Waals surface area contributed by atoms with Gasteiger partial charge in [0.15, 0.2) is 0 Å². The molecule has 2 rings (SSSR count). The molecule has 2 aromatic heterocycles. The van der Waals surface area contributed by atoms with Crippen LogP contribution in [-0.4, -0.2) is 33.3 Å². The number of hydrogen-bond donors (Lipinski definition) is 1. The predicted molar refractivity (Wildman–Crippen MR) is 70.5 cm³/mol. The maximum atomic E-state index is 11.5. The highest BCUT2D eigenvalue weighted by Gasteiger charge is 2.08. The molecule has 2 aromatic rings. The third-order valence-corrected chi connectivity index (χ3v) is 3.38. The van der Waals surface area contributed by atoms with Gasteiger partial charge in [0.2, 0.25) is 0 Å². The number of aromatic amines is 1. The Hall–Kier alpha value is -1.56. The van der Waals surface area contributed by atoms with Crippen molar-refractivity contribution in [2.45, 2.75) is 24.8 Å². The quantitative estimate of drug-likeness (QED) is 0.376. The molecule has 18 heavy (non-hydrogen) atoms. The van der Waals surface area contributed by atoms with Crippen LogP contribution in [0.25, 0.3) is 11.0 Å². The van der Waals surface area contributed by atoms with E-state index in [4.69, 9.17) is 4.74 Å². The van der Waals surface area contributed by atoms with Gasteiger partial charge in [-0.3, -0.25) is 4.79 Å². The van der Waals surface area contributed by atoms with Crippen LogP contribution in [0.15, 0.2) is 23.6 Å². The number of hydrogen-bond acceptors (Lipinski definition) is 5. The smallest absolute Gasteiger partial charge is 0.316 e. The van der Waals surface area contributed by atoms with E-state index in [1.807, 2.05) is 12.3 Å². The summed E-state index contributed by atoms with van der Waals surface area (Å²) in [6.07, 6.45) is 5.23. The molecule has 0 saturated carbocycles. The van der Waals surface area contributed by atoms with Gasteiger partial charge in [0.05, 0.1) is 17.7 Å². The zero-order chi connectivity index (χ0) is 12.8. The van der Waals surface area contributed by atoms with Crippen LogP contribution >= 0.6 is 11.8 Å². The molecule has 2 heterocycles. The standard InChI is InChI=1S/C12H15N3O2S/c1-2-3-6-17-10(16)7-18-12-9-4-5-13-11(9)14-8-15-12/h4-5,8H,2-3,6-7H2,1H3,(H,13,14,15). The van der Waals surface area contributed by atoms with Crippen LogP contribution in [0.5, 0.6) is 0 Å². The molecule has 0 aliphatic rings. The molecule has 6 heteroatoms. The van der Waals surface area contributed by atoms with Crippen LogP contribution in [0.2, 0.25) is 0 Å². The summed E-state index contributed by atoms with van der Waals surface area (Å²) in [7, 11) is 0. The van der Waals surface area contributed by atoms with Gasteiger partial charge in [0.25, 0.3) is 0 Å². The molecule has 0 aliphatic heterocycles. The molecular formula is C12H15N3O2S. The zero-order valence-electron chi connectivity index (χ0n) is 10.2. The third kappa shape index (κ3) is 3.22. The molecule has 5 nitrogen and oxygen atoms in total. The number of nitrogens with one attached hydrogen (secondary N) is 1. The molecule has 0 atom stereocenters. The summed E-state index contributed by atoms with van der Waals surface area (Å²) < 4.78 is 5.09. The fraction of sp³-hybridized carbons (Fsp3) is 0.417. The molecule has 0 unspecified atom stereocenters. The molecule has 0 radical (unpaired) electrons. The average molecular weight is 265 g/mol. The predicted octanol–water partition coefficient (Wildman–Crippen LogP) is 2.39. The molecule has 0 spiro atoms. The number of esters is 1. The Morgan fingerprint density at radius 3 is 3.22 bits per heavy atom. The second-order valence-corrected chi connectivity index (χ2v) is 4.75. The summed E-state index contributed by atoms with van der Waals surface area (Å²) in [4.78, 5) is 22.7. The number of ether oxygens (including phenoxy) is 1. The van der Waals surface area contributed by atoms with Crippen molar-refractivity contribution in [1.82, 2.24) is 15.0 Å². The Morgan fingerprint density at radius 1 is 1.50 bits per heavy atom. The number of aromatic nitrogens is 3. The second-order valence-electron chi connectivity index (χ2n) is 3.78. The highest BCUT2D eigenvalue weighted by Crippen LogP contribution is 2.23. The Bertz CT molecular complexity index is 527. The lowest BCUT2D eigenvalue weighted by Crippen LogP contribution is -2.08. The number of H-pyrrole nitrogens is 1. The van der Waals surface area contributed by atoms with E-state index in [2.05, 4.69) is 21.9 Å². The molecule has 1 N–H and O–H groups in total. The topological polar surface area (TPSA) is 67.9 Å². The van der Waals surface area contributed by atoms with Gasteiger partial charge in [-0.2, -0.15) is 0 Å². The molecule has 0 aromatic carbocycles. The van der Waals surface area contributed by atoms with Crippen molar-refractivity contribution >= 4 is 28.8 Å². The van der Waals surface area contributed by atoms with Crippen molar-refractivity contribution in [2.24, 2.45) is 0 Å². The average Bonchev–Trinajstić information content (AvgIpc) is 2.85. The lowest BCUT2D eigenvalue weighted by atomic mass is 10.4. The van der Waals surface area contributed by atoms with Crippen LogP contribution in [-0.2, 0) is 9.53 Å². The van der Waals surface area contributed by atoms with Crippen LogP contribution in [0, 0.1) is 0 Å². The highest BCUT2D eigenvalue weighted by molar-refractivity contribution is 8.00. The minimum absolute atomic E-state index is 0.198. The maximum Gasteiger partial charge on any atom is 0.316 e. The van der Waals surface area contributed by atoms with E-state index in [1.54, 1.807) is 0 Å². The lowest BCUT2D eigenvalue weighted by molar-refractivity contribution is -0.140. The molecular weight excluding hydrogens is 250 g/mol. The van der Waals surface area contributed by atoms with Gasteiger partial charge in [-0.25, -0.2) is 9.97 Å². The van der Waals surface area contributed by atoms with Gasteiger partial charge >= 0.3 is 5.97 Å². The van der Waals surface area contributed by atoms with Gasteiger partial charge in [0, 0.05) is 6.20 Å². The summed E-state index contributed by atoms with van der Waals surface area (Å²) >= 11 is 1.38. The minimum Gasteiger partial charge on any atom is -0.465 e. The molecule has 0 aliphatic carbocycles. The van der Waals surface area contributed by atoms with E-state index < -0.39 is 0 Å². The van der Waals surface area contributed by atoms with Crippen LogP contribution in [0.3, 0.4) is 0 Å². The SMILES string of the molecule is CCCCOC(=O)CSc1ncnc2[nH]ccc12. The van der Waals surface area contributed by atoms with Gasteiger partial charge in [-0.05, 0) is 12.5 Å². The lowest BCUT2D eigenvalue weighted by Gasteiger charge is -2.03. The van der Waals surface area contributed by atoms with Gasteiger partial charge in [-0.1, -0.05) is 25.1 Å². The summed E-state index contributed by atoms with van der Waals surface area (Å²) in [5, 5.41) is 1.73. The first kappa shape index (κ1) is 12.9. The third-order valence-electron chi connectivity index (χ3n) is 2.41. The largest absolute Gasteiger partial charge is 0.465 e. The first-order valence-corrected chi connectivity index (χ1v) is 6.86. The number of carbonyl (C=O) groups is 1. The van der Waals surface area contributed by atoms with E-state index in [1.165, 1.54) is 18.1 Å². The van der Waals surface area contributed by atoms with E-state index in [0.29, 0.717) is 6.61 Å². The number of fused-ring (bicyclic) bond motifs is 1. The number of unbranched alkanes of at least 4 members (excludes halogenated alkanes) is 1. The number of nitrogens with zero attached hydrogens (tertiary/aromatic N) is 2. The Kier molecular flexibility index (Phi) is 4.58. The van der Waals surface area contributed by atoms with Crippen LogP contribution < -0.4 is 0 Å². The van der Waals surface area contributed by atoms with E-state index in [9.17, 15) is 4.79 Å². The number of thioether (sulfide) groups is 1.